The Labute approximate surface area is 188 Å². The highest BCUT2D eigenvalue weighted by Gasteiger charge is 2.44. The number of carboxylic acid groups (broad SMARTS) is 1. The van der Waals surface area contributed by atoms with Crippen LogP contribution in [-0.4, -0.2) is 37.8 Å². The van der Waals surface area contributed by atoms with Crippen molar-refractivity contribution < 1.29 is 19.6 Å². The summed E-state index contributed by atoms with van der Waals surface area (Å²) in [6.45, 7) is 0. The smallest absolute Gasteiger partial charge is 0.326 e. The molecule has 164 valence electrons. The molecule has 1 aromatic heterocycles. The zero-order valence-corrected chi connectivity index (χ0v) is 17.3. The van der Waals surface area contributed by atoms with Crippen LogP contribution in [0.3, 0.4) is 0 Å². The lowest BCUT2D eigenvalue weighted by atomic mass is 9.87. The predicted molar refractivity (Wildman–Crippen MR) is 121 cm³/mol. The summed E-state index contributed by atoms with van der Waals surface area (Å²) >= 11 is 0. The van der Waals surface area contributed by atoms with Gasteiger partial charge in [-0.25, -0.2) is 4.79 Å². The van der Waals surface area contributed by atoms with Gasteiger partial charge in [-0.05, 0) is 29.3 Å². The maximum absolute atomic E-state index is 13.7. The highest BCUT2D eigenvalue weighted by atomic mass is 16.6. The predicted octanol–water partition coefficient (Wildman–Crippen LogP) is 4.32. The fourth-order valence-electron chi connectivity index (χ4n) is 4.62. The fourth-order valence-corrected chi connectivity index (χ4v) is 4.62. The maximum Gasteiger partial charge on any atom is 0.326 e. The van der Waals surface area contributed by atoms with E-state index in [2.05, 4.69) is 4.98 Å². The van der Waals surface area contributed by atoms with Crippen LogP contribution < -0.4 is 0 Å². The molecule has 2 heterocycles. The molecule has 3 aromatic carbocycles. The fraction of sp³-hybridized carbons (Fsp3) is 0.120. The number of rotatable bonds is 4. The van der Waals surface area contributed by atoms with Crippen molar-refractivity contribution in [3.05, 3.63) is 111 Å². The quantitative estimate of drug-likeness (QED) is 0.361. The number of carbonyl (C=O) groups is 2. The van der Waals surface area contributed by atoms with Gasteiger partial charge in [0, 0.05) is 40.7 Å². The van der Waals surface area contributed by atoms with Crippen molar-refractivity contribution in [3.8, 4) is 0 Å². The molecule has 0 saturated carbocycles. The third kappa shape index (κ3) is 3.41. The van der Waals surface area contributed by atoms with E-state index in [1.165, 1.54) is 17.0 Å². The van der Waals surface area contributed by atoms with Crippen molar-refractivity contribution in [2.24, 2.45) is 0 Å². The average molecular weight is 441 g/mol. The van der Waals surface area contributed by atoms with Crippen LogP contribution >= 0.6 is 0 Å². The molecule has 0 bridgehead atoms. The Bertz CT molecular complexity index is 1400. The lowest BCUT2D eigenvalue weighted by Gasteiger charge is -2.40. The number of hydrogen-bond donors (Lipinski definition) is 2. The minimum atomic E-state index is -1.14. The summed E-state index contributed by atoms with van der Waals surface area (Å²) in [6.07, 6.45) is 0.124. The summed E-state index contributed by atoms with van der Waals surface area (Å²) in [7, 11) is 0. The molecule has 1 amide bonds. The van der Waals surface area contributed by atoms with Crippen molar-refractivity contribution >= 4 is 28.5 Å². The number of aliphatic carboxylic acids is 1. The molecule has 2 unspecified atom stereocenters. The van der Waals surface area contributed by atoms with Gasteiger partial charge in [-0.3, -0.25) is 14.9 Å². The highest BCUT2D eigenvalue weighted by Crippen LogP contribution is 2.42. The summed E-state index contributed by atoms with van der Waals surface area (Å²) in [6, 6.07) is 20.0. The topological polar surface area (TPSA) is 117 Å². The van der Waals surface area contributed by atoms with Crippen molar-refractivity contribution in [3.63, 3.8) is 0 Å². The Kier molecular flexibility index (Phi) is 4.90. The molecule has 0 radical (unpaired) electrons. The summed E-state index contributed by atoms with van der Waals surface area (Å²) in [5.74, 6) is -1.59. The molecule has 5 rings (SSSR count). The monoisotopic (exact) mass is 441 g/mol. The Morgan fingerprint density at radius 1 is 1.00 bits per heavy atom. The molecule has 0 spiro atoms. The third-order valence-corrected chi connectivity index (χ3v) is 6.07. The highest BCUT2D eigenvalue weighted by molar-refractivity contribution is 5.98. The first-order chi connectivity index (χ1) is 16.0. The minimum Gasteiger partial charge on any atom is -0.480 e. The third-order valence-electron chi connectivity index (χ3n) is 6.07. The molecular formula is C25H19N3O5. The van der Waals surface area contributed by atoms with Crippen LogP contribution in [0.5, 0.6) is 0 Å². The molecule has 0 aliphatic carbocycles. The van der Waals surface area contributed by atoms with E-state index in [4.69, 9.17) is 0 Å². The van der Waals surface area contributed by atoms with E-state index in [0.717, 1.165) is 16.5 Å². The van der Waals surface area contributed by atoms with Gasteiger partial charge in [0.1, 0.15) is 6.04 Å². The number of aromatic amines is 1. The Balaban J connectivity index is 1.77. The van der Waals surface area contributed by atoms with Gasteiger partial charge in [0.2, 0.25) is 0 Å². The normalized spacial score (nSPS) is 17.5. The number of aromatic nitrogens is 1. The molecule has 0 fully saturated rings. The van der Waals surface area contributed by atoms with Crippen LogP contribution in [0.2, 0.25) is 0 Å². The molecule has 2 atom stereocenters. The van der Waals surface area contributed by atoms with Crippen LogP contribution in [0.1, 0.15) is 33.2 Å². The number of nitrogens with zero attached hydrogens (tertiary/aromatic N) is 2. The Hall–Kier alpha value is -4.46. The summed E-state index contributed by atoms with van der Waals surface area (Å²) in [4.78, 5) is 41.7. The van der Waals surface area contributed by atoms with Gasteiger partial charge < -0.3 is 15.0 Å². The number of nitro groups is 1. The molecule has 33 heavy (non-hydrogen) atoms. The number of fused-ring (bicyclic) bond motifs is 3. The number of H-pyrrole nitrogens is 1. The van der Waals surface area contributed by atoms with Gasteiger partial charge in [-0.2, -0.15) is 0 Å². The first-order valence-electron chi connectivity index (χ1n) is 10.4. The number of amides is 1. The van der Waals surface area contributed by atoms with Crippen molar-refractivity contribution in [2.45, 2.75) is 18.5 Å². The van der Waals surface area contributed by atoms with Crippen LogP contribution in [0.4, 0.5) is 5.69 Å². The molecule has 4 aromatic rings. The molecule has 2 N–H and O–H groups in total. The zero-order chi connectivity index (χ0) is 23.1. The van der Waals surface area contributed by atoms with Crippen molar-refractivity contribution in [2.75, 3.05) is 0 Å². The Morgan fingerprint density at radius 3 is 2.45 bits per heavy atom. The number of non-ortho nitro benzene ring substituents is 1. The van der Waals surface area contributed by atoms with Crippen LogP contribution in [-0.2, 0) is 11.2 Å². The molecule has 8 nitrogen and oxygen atoms in total. The van der Waals surface area contributed by atoms with E-state index in [1.54, 1.807) is 42.5 Å². The number of carboxylic acids is 1. The van der Waals surface area contributed by atoms with E-state index in [0.29, 0.717) is 16.8 Å². The van der Waals surface area contributed by atoms with Gasteiger partial charge in [0.05, 0.1) is 11.0 Å². The van der Waals surface area contributed by atoms with Gasteiger partial charge in [-0.15, -0.1) is 0 Å². The number of para-hydroxylation sites is 1. The maximum atomic E-state index is 13.7. The lowest BCUT2D eigenvalue weighted by Crippen LogP contribution is -2.51. The lowest BCUT2D eigenvalue weighted by molar-refractivity contribution is -0.384. The first-order valence-corrected chi connectivity index (χ1v) is 10.4. The molecule has 0 saturated heterocycles. The van der Waals surface area contributed by atoms with Crippen molar-refractivity contribution in [1.82, 2.24) is 9.88 Å². The second kappa shape index (κ2) is 7.90. The van der Waals surface area contributed by atoms with Gasteiger partial charge in [-0.1, -0.05) is 48.5 Å². The van der Waals surface area contributed by atoms with E-state index < -0.39 is 28.9 Å². The number of carbonyl (C=O) groups excluding carboxylic acids is 1. The van der Waals surface area contributed by atoms with Gasteiger partial charge in [0.25, 0.3) is 11.6 Å². The number of nitro benzene ring substituents is 1. The standard InChI is InChI=1S/C25H19N3O5/c29-24(15-7-2-1-3-8-15)27-21(25(30)31)14-19-18-11-4-5-12-20(18)26-22(19)23(27)16-9-6-10-17(13-16)28(32)33/h1-13,21,23,26H,14H2,(H,30,31). The van der Waals surface area contributed by atoms with E-state index in [9.17, 15) is 24.8 Å². The van der Waals surface area contributed by atoms with E-state index in [1.807, 2.05) is 24.3 Å². The number of benzene rings is 3. The molecule has 1 aliphatic heterocycles. The average Bonchev–Trinajstić information content (AvgIpc) is 3.21. The van der Waals surface area contributed by atoms with Crippen molar-refractivity contribution in [1.29, 1.82) is 0 Å². The van der Waals surface area contributed by atoms with Crippen LogP contribution in [0.15, 0.2) is 78.9 Å². The largest absolute Gasteiger partial charge is 0.480 e. The second-order valence-corrected chi connectivity index (χ2v) is 7.95. The Morgan fingerprint density at radius 2 is 1.73 bits per heavy atom. The van der Waals surface area contributed by atoms with Gasteiger partial charge >= 0.3 is 5.97 Å². The van der Waals surface area contributed by atoms with Crippen LogP contribution in [0.25, 0.3) is 10.9 Å². The van der Waals surface area contributed by atoms with E-state index >= 15 is 0 Å². The van der Waals surface area contributed by atoms with E-state index in [-0.39, 0.29) is 12.1 Å². The van der Waals surface area contributed by atoms with Gasteiger partial charge in [0.15, 0.2) is 0 Å². The number of hydrogen-bond acceptors (Lipinski definition) is 4. The summed E-state index contributed by atoms with van der Waals surface area (Å²) in [5.41, 5.74) is 2.96. The number of nitrogens with one attached hydrogen (secondary N) is 1. The summed E-state index contributed by atoms with van der Waals surface area (Å²) < 4.78 is 0. The SMILES string of the molecule is O=C(O)C1Cc2c([nH]c3ccccc23)C(c2cccc([N+](=O)[O-])c2)N1C(=O)c1ccccc1. The second-order valence-electron chi connectivity index (χ2n) is 7.95. The zero-order valence-electron chi connectivity index (χ0n) is 17.3. The summed E-state index contributed by atoms with van der Waals surface area (Å²) in [5, 5.41) is 22.5. The molecular weight excluding hydrogens is 422 g/mol. The minimum absolute atomic E-state index is 0.124. The van der Waals surface area contributed by atoms with Crippen LogP contribution in [0, 0.1) is 10.1 Å². The first kappa shape index (κ1) is 20.4. The molecule has 8 heteroatoms. The molecule has 1 aliphatic rings.